The molecule has 1 aliphatic heterocycles. The van der Waals surface area contributed by atoms with Gasteiger partial charge in [0, 0.05) is 18.8 Å². The Morgan fingerprint density at radius 3 is 1.91 bits per heavy atom. The quantitative estimate of drug-likeness (QED) is 0.776. The number of anilines is 1. The summed E-state index contributed by atoms with van der Waals surface area (Å²) in [4.78, 5) is 2.53. The molecule has 4 aliphatic carbocycles. The van der Waals surface area contributed by atoms with Crippen LogP contribution in [0.3, 0.4) is 0 Å². The molecule has 0 amide bonds. The molecule has 6 rings (SSSR count). The van der Waals surface area contributed by atoms with Gasteiger partial charge < -0.3 is 9.64 Å². The van der Waals surface area contributed by atoms with Crippen molar-refractivity contribution < 1.29 is 4.74 Å². The zero-order chi connectivity index (χ0) is 15.3. The van der Waals surface area contributed by atoms with Crippen molar-refractivity contribution >= 4 is 5.69 Å². The molecule has 0 aromatic heterocycles. The summed E-state index contributed by atoms with van der Waals surface area (Å²) in [6.45, 7) is 2.43. The highest BCUT2D eigenvalue weighted by Crippen LogP contribution is 2.57. The highest BCUT2D eigenvalue weighted by molar-refractivity contribution is 5.49. The summed E-state index contributed by atoms with van der Waals surface area (Å²) in [5, 5.41) is 0. The first-order valence-electron chi connectivity index (χ1n) is 9.82. The van der Waals surface area contributed by atoms with Crippen molar-refractivity contribution in [2.75, 3.05) is 18.0 Å². The summed E-state index contributed by atoms with van der Waals surface area (Å²) in [6, 6.07) is 9.01. The maximum Gasteiger partial charge on any atom is 0.120 e. The molecule has 0 radical (unpaired) electrons. The second-order valence-corrected chi connectivity index (χ2v) is 8.74. The van der Waals surface area contributed by atoms with Crippen molar-refractivity contribution in [2.24, 2.45) is 17.8 Å². The van der Waals surface area contributed by atoms with Crippen molar-refractivity contribution in [3.63, 3.8) is 0 Å². The maximum absolute atomic E-state index is 6.64. The number of hydrogen-bond acceptors (Lipinski definition) is 2. The van der Waals surface area contributed by atoms with Gasteiger partial charge in [-0.05, 0) is 99.8 Å². The number of piperidine rings is 1. The Hall–Kier alpha value is -1.18. The SMILES string of the molecule is c1cc(N2CCCCC2)ccc1OC12CC3CC(CC(C3)C1)C2. The van der Waals surface area contributed by atoms with Gasteiger partial charge in [-0.1, -0.05) is 0 Å². The van der Waals surface area contributed by atoms with E-state index in [2.05, 4.69) is 29.2 Å². The summed E-state index contributed by atoms with van der Waals surface area (Å²) >= 11 is 0. The van der Waals surface area contributed by atoms with Gasteiger partial charge in [0.05, 0.1) is 0 Å². The van der Waals surface area contributed by atoms with Crippen LogP contribution >= 0.6 is 0 Å². The zero-order valence-corrected chi connectivity index (χ0v) is 14.2. The lowest BCUT2D eigenvalue weighted by Crippen LogP contribution is -2.53. The predicted octanol–water partition coefficient (Wildman–Crippen LogP) is 5.02. The Bertz CT molecular complexity index is 522. The summed E-state index contributed by atoms with van der Waals surface area (Å²) in [7, 11) is 0. The molecule has 124 valence electrons. The molecule has 4 bridgehead atoms. The van der Waals surface area contributed by atoms with E-state index in [1.165, 1.54) is 76.6 Å². The molecule has 2 heteroatoms. The molecular formula is C21H29NO. The first-order valence-corrected chi connectivity index (χ1v) is 9.82. The predicted molar refractivity (Wildman–Crippen MR) is 94.0 cm³/mol. The van der Waals surface area contributed by atoms with Gasteiger partial charge in [-0.3, -0.25) is 0 Å². The van der Waals surface area contributed by atoms with E-state index in [0.29, 0.717) is 0 Å². The van der Waals surface area contributed by atoms with E-state index < -0.39 is 0 Å². The molecular weight excluding hydrogens is 282 g/mol. The van der Waals surface area contributed by atoms with Crippen LogP contribution in [-0.4, -0.2) is 18.7 Å². The van der Waals surface area contributed by atoms with Crippen LogP contribution in [0.2, 0.25) is 0 Å². The topological polar surface area (TPSA) is 12.5 Å². The molecule has 0 unspecified atom stereocenters. The third-order valence-corrected chi connectivity index (χ3v) is 6.87. The molecule has 23 heavy (non-hydrogen) atoms. The molecule has 1 saturated heterocycles. The van der Waals surface area contributed by atoms with E-state index in [1.807, 2.05) is 0 Å². The van der Waals surface area contributed by atoms with Crippen LogP contribution in [0, 0.1) is 17.8 Å². The lowest BCUT2D eigenvalue weighted by atomic mass is 9.54. The van der Waals surface area contributed by atoms with Gasteiger partial charge >= 0.3 is 0 Å². The standard InChI is InChI=1S/C21H29NO/c1-2-8-22(9-3-1)19-4-6-20(7-5-19)23-21-13-16-10-17(14-21)12-18(11-16)15-21/h4-7,16-18H,1-3,8-15H2. The van der Waals surface area contributed by atoms with Gasteiger partial charge in [-0.25, -0.2) is 0 Å². The van der Waals surface area contributed by atoms with Crippen LogP contribution in [0.1, 0.15) is 57.8 Å². The molecule has 2 nitrogen and oxygen atoms in total. The summed E-state index contributed by atoms with van der Waals surface area (Å²) < 4.78 is 6.64. The molecule has 1 heterocycles. The molecule has 5 fully saturated rings. The summed E-state index contributed by atoms with van der Waals surface area (Å²) in [6.07, 6.45) is 12.5. The number of ether oxygens (including phenoxy) is 1. The van der Waals surface area contributed by atoms with Crippen molar-refractivity contribution in [3.05, 3.63) is 24.3 Å². The highest BCUT2D eigenvalue weighted by atomic mass is 16.5. The average molecular weight is 311 g/mol. The van der Waals surface area contributed by atoms with Crippen LogP contribution in [0.5, 0.6) is 5.75 Å². The zero-order valence-electron chi connectivity index (χ0n) is 14.2. The third kappa shape index (κ3) is 2.64. The minimum absolute atomic E-state index is 0.182. The van der Waals surface area contributed by atoms with Gasteiger partial charge in [0.25, 0.3) is 0 Å². The number of nitrogens with zero attached hydrogens (tertiary/aromatic N) is 1. The van der Waals surface area contributed by atoms with E-state index >= 15 is 0 Å². The van der Waals surface area contributed by atoms with Crippen molar-refractivity contribution in [1.82, 2.24) is 0 Å². The van der Waals surface area contributed by atoms with Gasteiger partial charge in [-0.15, -0.1) is 0 Å². The van der Waals surface area contributed by atoms with E-state index in [4.69, 9.17) is 4.74 Å². The van der Waals surface area contributed by atoms with Crippen molar-refractivity contribution in [3.8, 4) is 5.75 Å². The Morgan fingerprint density at radius 1 is 0.783 bits per heavy atom. The third-order valence-electron chi connectivity index (χ3n) is 6.87. The normalized spacial score (nSPS) is 38.8. The second-order valence-electron chi connectivity index (χ2n) is 8.74. The van der Waals surface area contributed by atoms with Gasteiger partial charge in [-0.2, -0.15) is 0 Å². The summed E-state index contributed by atoms with van der Waals surface area (Å²) in [5.74, 6) is 3.96. The van der Waals surface area contributed by atoms with Crippen LogP contribution in [0.4, 0.5) is 5.69 Å². The van der Waals surface area contributed by atoms with Crippen LogP contribution in [0.15, 0.2) is 24.3 Å². The molecule has 1 aromatic rings. The van der Waals surface area contributed by atoms with Crippen LogP contribution in [-0.2, 0) is 0 Å². The molecule has 1 aromatic carbocycles. The Balaban J connectivity index is 1.31. The van der Waals surface area contributed by atoms with E-state index in [-0.39, 0.29) is 5.60 Å². The van der Waals surface area contributed by atoms with Crippen LogP contribution < -0.4 is 9.64 Å². The molecule has 4 saturated carbocycles. The maximum atomic E-state index is 6.64. The fraction of sp³-hybridized carbons (Fsp3) is 0.714. The van der Waals surface area contributed by atoms with E-state index in [0.717, 1.165) is 23.5 Å². The lowest BCUT2D eigenvalue weighted by molar-refractivity contribution is -0.107. The first-order chi connectivity index (χ1) is 11.3. The van der Waals surface area contributed by atoms with Gasteiger partial charge in [0.15, 0.2) is 0 Å². The number of hydrogen-bond donors (Lipinski definition) is 0. The van der Waals surface area contributed by atoms with Crippen molar-refractivity contribution in [2.45, 2.75) is 63.4 Å². The Morgan fingerprint density at radius 2 is 1.35 bits per heavy atom. The molecule has 0 atom stereocenters. The Kier molecular flexibility index (Phi) is 3.35. The lowest BCUT2D eigenvalue weighted by Gasteiger charge is -2.56. The molecule has 0 N–H and O–H groups in total. The number of benzene rings is 1. The summed E-state index contributed by atoms with van der Waals surface area (Å²) in [5.41, 5.74) is 1.56. The van der Waals surface area contributed by atoms with E-state index in [1.54, 1.807) is 0 Å². The van der Waals surface area contributed by atoms with Gasteiger partial charge in [0.2, 0.25) is 0 Å². The Labute approximate surface area is 140 Å². The smallest absolute Gasteiger partial charge is 0.120 e. The minimum Gasteiger partial charge on any atom is -0.487 e. The minimum atomic E-state index is 0.182. The van der Waals surface area contributed by atoms with Gasteiger partial charge in [0.1, 0.15) is 11.4 Å². The number of rotatable bonds is 3. The monoisotopic (exact) mass is 311 g/mol. The average Bonchev–Trinajstić information content (AvgIpc) is 2.55. The largest absolute Gasteiger partial charge is 0.487 e. The molecule has 0 spiro atoms. The molecule has 5 aliphatic rings. The van der Waals surface area contributed by atoms with Crippen molar-refractivity contribution in [1.29, 1.82) is 0 Å². The highest BCUT2D eigenvalue weighted by Gasteiger charge is 2.52. The van der Waals surface area contributed by atoms with E-state index in [9.17, 15) is 0 Å². The first kappa shape index (κ1) is 14.2. The second kappa shape index (κ2) is 5.43. The fourth-order valence-corrected chi connectivity index (χ4v) is 6.28. The van der Waals surface area contributed by atoms with Crippen LogP contribution in [0.25, 0.3) is 0 Å². The fourth-order valence-electron chi connectivity index (χ4n) is 6.28.